The molecule has 1 saturated heterocycles. The van der Waals surface area contributed by atoms with Crippen LogP contribution in [-0.2, 0) is 6.54 Å². The van der Waals surface area contributed by atoms with Crippen molar-refractivity contribution in [2.75, 3.05) is 18.5 Å². The standard InChI is InChI=1S/C24H27N3/c1-26(22-12-6-3-7-13-22)24-16-15-21(18-25-24)23-14-8-9-17-27(23)19-20-10-4-2-5-11-20/h2-7,10-13,15-16,18,23H,8-9,14,17,19H2,1H3/t23-/m1/s1. The maximum absolute atomic E-state index is 4.77. The lowest BCUT2D eigenvalue weighted by Gasteiger charge is -2.36. The van der Waals surface area contributed by atoms with Gasteiger partial charge in [0.15, 0.2) is 0 Å². The van der Waals surface area contributed by atoms with Gasteiger partial charge in [-0.3, -0.25) is 4.90 Å². The molecule has 3 nitrogen and oxygen atoms in total. The van der Waals surface area contributed by atoms with Crippen molar-refractivity contribution in [2.24, 2.45) is 0 Å². The minimum Gasteiger partial charge on any atom is -0.329 e. The van der Waals surface area contributed by atoms with Gasteiger partial charge in [-0.05, 0) is 48.7 Å². The molecule has 2 aromatic carbocycles. The third-order valence-corrected chi connectivity index (χ3v) is 5.48. The quantitative estimate of drug-likeness (QED) is 0.594. The number of likely N-dealkylation sites (tertiary alicyclic amines) is 1. The minimum atomic E-state index is 0.461. The number of benzene rings is 2. The first-order chi connectivity index (χ1) is 13.3. The number of nitrogens with zero attached hydrogens (tertiary/aromatic N) is 3. The van der Waals surface area contributed by atoms with Crippen molar-refractivity contribution >= 4 is 11.5 Å². The zero-order valence-electron chi connectivity index (χ0n) is 16.0. The highest BCUT2D eigenvalue weighted by molar-refractivity contribution is 5.58. The summed E-state index contributed by atoms with van der Waals surface area (Å²) in [4.78, 5) is 9.51. The van der Waals surface area contributed by atoms with Gasteiger partial charge < -0.3 is 4.90 Å². The zero-order chi connectivity index (χ0) is 18.5. The second kappa shape index (κ2) is 8.36. The van der Waals surface area contributed by atoms with Crippen LogP contribution in [0.2, 0.25) is 0 Å². The Morgan fingerprint density at radius 3 is 2.37 bits per heavy atom. The average molecular weight is 358 g/mol. The van der Waals surface area contributed by atoms with Gasteiger partial charge in [-0.15, -0.1) is 0 Å². The summed E-state index contributed by atoms with van der Waals surface area (Å²) in [5.41, 5.74) is 3.87. The second-order valence-electron chi connectivity index (χ2n) is 7.31. The highest BCUT2D eigenvalue weighted by atomic mass is 15.2. The molecule has 0 radical (unpaired) electrons. The molecule has 27 heavy (non-hydrogen) atoms. The molecule has 0 aliphatic carbocycles. The summed E-state index contributed by atoms with van der Waals surface area (Å²) in [6.45, 7) is 2.17. The second-order valence-corrected chi connectivity index (χ2v) is 7.31. The molecule has 1 aliphatic heterocycles. The summed E-state index contributed by atoms with van der Waals surface area (Å²) >= 11 is 0. The molecule has 2 heterocycles. The number of hydrogen-bond acceptors (Lipinski definition) is 3. The number of pyridine rings is 1. The lowest BCUT2D eigenvalue weighted by molar-refractivity contribution is 0.140. The van der Waals surface area contributed by atoms with Gasteiger partial charge in [-0.25, -0.2) is 4.98 Å². The average Bonchev–Trinajstić information content (AvgIpc) is 2.75. The molecule has 0 saturated carbocycles. The molecule has 0 unspecified atom stereocenters. The summed E-state index contributed by atoms with van der Waals surface area (Å²) in [5.74, 6) is 0.982. The molecule has 1 fully saturated rings. The van der Waals surface area contributed by atoms with Gasteiger partial charge in [0.25, 0.3) is 0 Å². The van der Waals surface area contributed by atoms with E-state index in [1.165, 1.54) is 30.4 Å². The van der Waals surface area contributed by atoms with E-state index >= 15 is 0 Å². The number of rotatable bonds is 5. The molecule has 138 valence electrons. The molecule has 3 aromatic rings. The van der Waals surface area contributed by atoms with Gasteiger partial charge in [0, 0.05) is 31.5 Å². The van der Waals surface area contributed by atoms with Gasteiger partial charge in [-0.1, -0.05) is 61.0 Å². The van der Waals surface area contributed by atoms with E-state index in [2.05, 4.69) is 89.8 Å². The Morgan fingerprint density at radius 1 is 0.926 bits per heavy atom. The smallest absolute Gasteiger partial charge is 0.132 e. The molecule has 0 spiro atoms. The Kier molecular flexibility index (Phi) is 5.50. The van der Waals surface area contributed by atoms with Gasteiger partial charge >= 0.3 is 0 Å². The van der Waals surface area contributed by atoms with Crippen LogP contribution in [0.5, 0.6) is 0 Å². The van der Waals surface area contributed by atoms with Crippen molar-refractivity contribution in [3.05, 3.63) is 90.1 Å². The largest absolute Gasteiger partial charge is 0.329 e. The van der Waals surface area contributed by atoms with Crippen LogP contribution in [-0.4, -0.2) is 23.5 Å². The fourth-order valence-corrected chi connectivity index (χ4v) is 3.95. The molecule has 1 atom stereocenters. The maximum Gasteiger partial charge on any atom is 0.132 e. The number of anilines is 2. The van der Waals surface area contributed by atoms with E-state index in [9.17, 15) is 0 Å². The van der Waals surface area contributed by atoms with E-state index in [-0.39, 0.29) is 0 Å². The molecule has 1 aromatic heterocycles. The monoisotopic (exact) mass is 357 g/mol. The van der Waals surface area contributed by atoms with Crippen molar-refractivity contribution in [3.63, 3.8) is 0 Å². The number of piperidine rings is 1. The highest BCUT2D eigenvalue weighted by Crippen LogP contribution is 2.32. The first kappa shape index (κ1) is 17.7. The first-order valence-corrected chi connectivity index (χ1v) is 9.84. The van der Waals surface area contributed by atoms with Gasteiger partial charge in [0.2, 0.25) is 0 Å². The Labute approximate surface area is 162 Å². The van der Waals surface area contributed by atoms with E-state index in [1.54, 1.807) is 0 Å². The van der Waals surface area contributed by atoms with Crippen LogP contribution in [0.3, 0.4) is 0 Å². The van der Waals surface area contributed by atoms with E-state index in [0.717, 1.165) is 24.6 Å². The summed E-state index contributed by atoms with van der Waals surface area (Å²) in [5, 5.41) is 0. The summed E-state index contributed by atoms with van der Waals surface area (Å²) in [7, 11) is 2.07. The van der Waals surface area contributed by atoms with Gasteiger partial charge in [0.05, 0.1) is 0 Å². The molecule has 4 rings (SSSR count). The molecule has 0 amide bonds. The molecule has 1 aliphatic rings. The lowest BCUT2D eigenvalue weighted by Crippen LogP contribution is -2.33. The van der Waals surface area contributed by atoms with E-state index < -0.39 is 0 Å². The summed E-state index contributed by atoms with van der Waals surface area (Å²) in [6, 6.07) is 26.0. The highest BCUT2D eigenvalue weighted by Gasteiger charge is 2.24. The Bertz CT molecular complexity index is 831. The van der Waals surface area contributed by atoms with Crippen LogP contribution in [0.4, 0.5) is 11.5 Å². The van der Waals surface area contributed by atoms with Crippen LogP contribution >= 0.6 is 0 Å². The van der Waals surface area contributed by atoms with Gasteiger partial charge in [-0.2, -0.15) is 0 Å². The third kappa shape index (κ3) is 4.20. The normalized spacial score (nSPS) is 17.6. The zero-order valence-corrected chi connectivity index (χ0v) is 16.0. The predicted molar refractivity (Wildman–Crippen MR) is 112 cm³/mol. The van der Waals surface area contributed by atoms with E-state index in [0.29, 0.717) is 6.04 Å². The summed E-state index contributed by atoms with van der Waals surface area (Å²) in [6.07, 6.45) is 5.86. The van der Waals surface area contributed by atoms with Crippen LogP contribution in [0.25, 0.3) is 0 Å². The molecular formula is C24H27N3. The number of hydrogen-bond donors (Lipinski definition) is 0. The van der Waals surface area contributed by atoms with Gasteiger partial charge in [0.1, 0.15) is 5.82 Å². The van der Waals surface area contributed by atoms with E-state index in [4.69, 9.17) is 4.98 Å². The summed E-state index contributed by atoms with van der Waals surface area (Å²) < 4.78 is 0. The molecule has 0 bridgehead atoms. The fraction of sp³-hybridized carbons (Fsp3) is 0.292. The first-order valence-electron chi connectivity index (χ1n) is 9.84. The Balaban J connectivity index is 1.51. The Hall–Kier alpha value is -2.65. The van der Waals surface area contributed by atoms with Crippen LogP contribution in [0.15, 0.2) is 79.0 Å². The van der Waals surface area contributed by atoms with Crippen molar-refractivity contribution in [3.8, 4) is 0 Å². The topological polar surface area (TPSA) is 19.4 Å². The fourth-order valence-electron chi connectivity index (χ4n) is 3.95. The van der Waals surface area contributed by atoms with E-state index in [1.807, 2.05) is 6.07 Å². The number of aromatic nitrogens is 1. The maximum atomic E-state index is 4.77. The van der Waals surface area contributed by atoms with Crippen LogP contribution in [0, 0.1) is 0 Å². The van der Waals surface area contributed by atoms with Crippen LogP contribution in [0.1, 0.15) is 36.4 Å². The third-order valence-electron chi connectivity index (χ3n) is 5.48. The molecular weight excluding hydrogens is 330 g/mol. The van der Waals surface area contributed by atoms with Crippen molar-refractivity contribution in [2.45, 2.75) is 31.8 Å². The molecule has 0 N–H and O–H groups in total. The minimum absolute atomic E-state index is 0.461. The van der Waals surface area contributed by atoms with Crippen LogP contribution < -0.4 is 4.90 Å². The van der Waals surface area contributed by atoms with Crippen molar-refractivity contribution in [1.82, 2.24) is 9.88 Å². The predicted octanol–water partition coefficient (Wildman–Crippen LogP) is 5.58. The van der Waals surface area contributed by atoms with Crippen molar-refractivity contribution < 1.29 is 0 Å². The SMILES string of the molecule is CN(c1ccccc1)c1ccc([C@H]2CCCCN2Cc2ccccc2)cn1. The number of para-hydroxylation sites is 1. The lowest BCUT2D eigenvalue weighted by atomic mass is 9.95. The van der Waals surface area contributed by atoms with Crippen molar-refractivity contribution in [1.29, 1.82) is 0 Å². The molecule has 3 heteroatoms. The Morgan fingerprint density at radius 2 is 1.67 bits per heavy atom.